The molecular formula is C15H13Cl3O2S. The standard InChI is InChI=1S/C15H13Cl3O2S/c1-15(18,11-5-3-2-4-6-11)10-21(19,20)12-7-8-13(16)14(17)9-12/h2-9H,10H2,1H3. The molecule has 2 nitrogen and oxygen atoms in total. The van der Waals surface area contributed by atoms with Gasteiger partial charge in [0.05, 0.1) is 25.6 Å². The number of halogens is 3. The quantitative estimate of drug-likeness (QED) is 0.722. The lowest BCUT2D eigenvalue weighted by Gasteiger charge is -2.22. The molecule has 0 spiro atoms. The lowest BCUT2D eigenvalue weighted by atomic mass is 10.0. The maximum Gasteiger partial charge on any atom is 0.180 e. The van der Waals surface area contributed by atoms with Crippen molar-refractivity contribution in [2.45, 2.75) is 16.7 Å². The van der Waals surface area contributed by atoms with E-state index in [-0.39, 0.29) is 15.7 Å². The SMILES string of the molecule is CC(Cl)(CS(=O)(=O)c1ccc(Cl)c(Cl)c1)c1ccccc1. The van der Waals surface area contributed by atoms with E-state index in [0.29, 0.717) is 5.02 Å². The van der Waals surface area contributed by atoms with E-state index in [4.69, 9.17) is 34.8 Å². The molecular weight excluding hydrogens is 351 g/mol. The van der Waals surface area contributed by atoms with Crippen LogP contribution < -0.4 is 0 Å². The summed E-state index contributed by atoms with van der Waals surface area (Å²) in [7, 11) is -3.58. The van der Waals surface area contributed by atoms with E-state index in [2.05, 4.69) is 0 Å². The van der Waals surface area contributed by atoms with Gasteiger partial charge in [0.15, 0.2) is 9.84 Å². The van der Waals surface area contributed by atoms with Gasteiger partial charge >= 0.3 is 0 Å². The minimum atomic E-state index is -3.58. The van der Waals surface area contributed by atoms with Crippen molar-refractivity contribution in [3.05, 3.63) is 64.1 Å². The summed E-state index contributed by atoms with van der Waals surface area (Å²) < 4.78 is 25.0. The third kappa shape index (κ3) is 3.92. The van der Waals surface area contributed by atoms with Crippen LogP contribution in [0.5, 0.6) is 0 Å². The summed E-state index contributed by atoms with van der Waals surface area (Å²) in [6.45, 7) is 1.68. The average Bonchev–Trinajstić information content (AvgIpc) is 2.41. The van der Waals surface area contributed by atoms with Crippen molar-refractivity contribution >= 4 is 44.6 Å². The van der Waals surface area contributed by atoms with E-state index in [1.54, 1.807) is 19.1 Å². The molecule has 0 heterocycles. The molecule has 0 aromatic heterocycles. The van der Waals surface area contributed by atoms with Crippen LogP contribution in [0.25, 0.3) is 0 Å². The first-order chi connectivity index (χ1) is 9.72. The smallest absolute Gasteiger partial charge is 0.180 e. The summed E-state index contributed by atoms with van der Waals surface area (Å²) >= 11 is 18.1. The molecule has 21 heavy (non-hydrogen) atoms. The van der Waals surface area contributed by atoms with Gasteiger partial charge in [0.1, 0.15) is 0 Å². The molecule has 1 atom stereocenters. The Morgan fingerprint density at radius 3 is 2.19 bits per heavy atom. The lowest BCUT2D eigenvalue weighted by Crippen LogP contribution is -2.26. The van der Waals surface area contributed by atoms with Crippen LogP contribution in [-0.4, -0.2) is 14.2 Å². The molecule has 2 aromatic rings. The third-order valence-corrected chi connectivity index (χ3v) is 6.27. The number of hydrogen-bond donors (Lipinski definition) is 0. The number of benzene rings is 2. The van der Waals surface area contributed by atoms with E-state index in [0.717, 1.165) is 5.56 Å². The summed E-state index contributed by atoms with van der Waals surface area (Å²) in [5.41, 5.74) is 0.746. The third-order valence-electron chi connectivity index (χ3n) is 3.09. The average molecular weight is 364 g/mol. The normalized spacial score (nSPS) is 14.7. The topological polar surface area (TPSA) is 34.1 Å². The molecule has 112 valence electrons. The molecule has 0 aliphatic heterocycles. The first kappa shape index (κ1) is 16.6. The van der Waals surface area contributed by atoms with Crippen molar-refractivity contribution in [1.82, 2.24) is 0 Å². The van der Waals surface area contributed by atoms with E-state index < -0.39 is 14.7 Å². The van der Waals surface area contributed by atoms with Gasteiger partial charge in [-0.05, 0) is 30.7 Å². The molecule has 6 heteroatoms. The summed E-state index contributed by atoms with van der Waals surface area (Å²) in [6, 6.07) is 13.3. The fourth-order valence-electron chi connectivity index (χ4n) is 1.98. The second-order valence-electron chi connectivity index (χ2n) is 4.90. The van der Waals surface area contributed by atoms with Crippen LogP contribution in [-0.2, 0) is 14.7 Å². The Hall–Kier alpha value is -0.740. The van der Waals surface area contributed by atoms with Crippen molar-refractivity contribution in [1.29, 1.82) is 0 Å². The summed E-state index contributed by atoms with van der Waals surface area (Å²) in [5.74, 6) is -0.233. The van der Waals surface area contributed by atoms with Gasteiger partial charge < -0.3 is 0 Å². The van der Waals surface area contributed by atoms with E-state index in [9.17, 15) is 8.42 Å². The van der Waals surface area contributed by atoms with Crippen molar-refractivity contribution in [2.24, 2.45) is 0 Å². The predicted molar refractivity (Wildman–Crippen MR) is 88.2 cm³/mol. The Kier molecular flexibility index (Phi) is 4.89. The van der Waals surface area contributed by atoms with Gasteiger partial charge in [0, 0.05) is 0 Å². The van der Waals surface area contributed by atoms with Gasteiger partial charge in [-0.25, -0.2) is 8.42 Å². The number of sulfone groups is 1. The molecule has 0 saturated heterocycles. The van der Waals surface area contributed by atoms with Crippen molar-refractivity contribution in [3.63, 3.8) is 0 Å². The van der Waals surface area contributed by atoms with E-state index in [1.807, 2.05) is 18.2 Å². The molecule has 2 aromatic carbocycles. The van der Waals surface area contributed by atoms with Crippen molar-refractivity contribution in [3.8, 4) is 0 Å². The van der Waals surface area contributed by atoms with E-state index in [1.165, 1.54) is 18.2 Å². The minimum Gasteiger partial charge on any atom is -0.224 e. The highest BCUT2D eigenvalue weighted by atomic mass is 35.5. The van der Waals surface area contributed by atoms with Crippen LogP contribution in [0.3, 0.4) is 0 Å². The lowest BCUT2D eigenvalue weighted by molar-refractivity contribution is 0.585. The molecule has 1 unspecified atom stereocenters. The molecule has 0 fully saturated rings. The first-order valence-corrected chi connectivity index (χ1v) is 8.93. The van der Waals surface area contributed by atoms with Crippen LogP contribution in [0.1, 0.15) is 12.5 Å². The van der Waals surface area contributed by atoms with Gasteiger partial charge in [-0.1, -0.05) is 53.5 Å². The van der Waals surface area contributed by atoms with Gasteiger partial charge in [-0.15, -0.1) is 11.6 Å². The maximum absolute atomic E-state index is 12.5. The van der Waals surface area contributed by atoms with Gasteiger partial charge in [-0.3, -0.25) is 0 Å². The van der Waals surface area contributed by atoms with Crippen LogP contribution in [0.15, 0.2) is 53.4 Å². The van der Waals surface area contributed by atoms with Crippen LogP contribution in [0.2, 0.25) is 10.0 Å². The molecule has 0 aliphatic rings. The molecule has 0 N–H and O–H groups in total. The fourth-order valence-corrected chi connectivity index (χ4v) is 4.52. The second-order valence-corrected chi connectivity index (χ2v) is 8.54. The predicted octanol–water partition coefficient (Wildman–Crippen LogP) is 4.92. The Morgan fingerprint density at radius 1 is 1.00 bits per heavy atom. The highest BCUT2D eigenvalue weighted by molar-refractivity contribution is 7.91. The Balaban J connectivity index is 2.35. The zero-order valence-electron chi connectivity index (χ0n) is 11.2. The van der Waals surface area contributed by atoms with E-state index >= 15 is 0 Å². The van der Waals surface area contributed by atoms with Crippen LogP contribution in [0, 0.1) is 0 Å². The van der Waals surface area contributed by atoms with Gasteiger partial charge in [0.25, 0.3) is 0 Å². The second kappa shape index (κ2) is 6.17. The van der Waals surface area contributed by atoms with Gasteiger partial charge in [0.2, 0.25) is 0 Å². The highest BCUT2D eigenvalue weighted by Gasteiger charge is 2.31. The Labute approximate surface area is 139 Å². The molecule has 0 bridgehead atoms. The molecule has 0 saturated carbocycles. The molecule has 2 rings (SSSR count). The number of rotatable bonds is 4. The Morgan fingerprint density at radius 2 is 1.62 bits per heavy atom. The first-order valence-electron chi connectivity index (χ1n) is 6.15. The number of alkyl halides is 1. The van der Waals surface area contributed by atoms with Gasteiger partial charge in [-0.2, -0.15) is 0 Å². The minimum absolute atomic E-state index is 0.111. The maximum atomic E-state index is 12.5. The zero-order chi connectivity index (χ0) is 15.7. The van der Waals surface area contributed by atoms with Crippen molar-refractivity contribution < 1.29 is 8.42 Å². The zero-order valence-corrected chi connectivity index (χ0v) is 14.3. The van der Waals surface area contributed by atoms with Crippen LogP contribution >= 0.6 is 34.8 Å². The number of hydrogen-bond acceptors (Lipinski definition) is 2. The molecule has 0 aliphatic carbocycles. The molecule has 0 amide bonds. The van der Waals surface area contributed by atoms with Crippen molar-refractivity contribution in [2.75, 3.05) is 5.75 Å². The fraction of sp³-hybridized carbons (Fsp3) is 0.200. The van der Waals surface area contributed by atoms with Crippen LogP contribution in [0.4, 0.5) is 0 Å². The summed E-state index contributed by atoms with van der Waals surface area (Å²) in [6.07, 6.45) is 0. The molecule has 0 radical (unpaired) electrons. The monoisotopic (exact) mass is 362 g/mol. The summed E-state index contributed by atoms with van der Waals surface area (Å²) in [4.78, 5) is -0.911. The largest absolute Gasteiger partial charge is 0.224 e. The Bertz CT molecular complexity index is 741. The summed E-state index contributed by atoms with van der Waals surface area (Å²) in [5, 5.41) is 0.515. The highest BCUT2D eigenvalue weighted by Crippen LogP contribution is 2.33.